The first-order chi connectivity index (χ1) is 19.6. The van der Waals surface area contributed by atoms with Crippen molar-refractivity contribution in [2.75, 3.05) is 31.5 Å². The van der Waals surface area contributed by atoms with Crippen molar-refractivity contribution in [3.8, 4) is 0 Å². The molecule has 0 bridgehead atoms. The molecule has 3 heterocycles. The molecule has 1 fully saturated rings. The summed E-state index contributed by atoms with van der Waals surface area (Å²) in [5.41, 5.74) is 0.867. The van der Waals surface area contributed by atoms with Crippen LogP contribution in [0.25, 0.3) is 10.1 Å². The lowest BCUT2D eigenvalue weighted by Crippen LogP contribution is -2.50. The number of halogens is 3. The van der Waals surface area contributed by atoms with Crippen molar-refractivity contribution in [2.24, 2.45) is 0 Å². The second-order valence-electron chi connectivity index (χ2n) is 9.94. The van der Waals surface area contributed by atoms with Gasteiger partial charge in [-0.3, -0.25) is 19.3 Å². The molecule has 2 aromatic heterocycles. The number of hydrogen-bond acceptors (Lipinski definition) is 7. The number of aromatic nitrogens is 3. The number of anilines is 1. The smallest absolute Gasteiger partial charge is 0.287 e. The van der Waals surface area contributed by atoms with Crippen LogP contribution in [0.5, 0.6) is 0 Å². The van der Waals surface area contributed by atoms with Crippen LogP contribution in [0.4, 0.5) is 14.6 Å². The number of fused-ring (bicyclic) bond motifs is 1. The second-order valence-corrected chi connectivity index (χ2v) is 11.2. The summed E-state index contributed by atoms with van der Waals surface area (Å²) < 4.78 is 34.0. The van der Waals surface area contributed by atoms with Crippen molar-refractivity contribution >= 4 is 56.6 Å². The molecule has 214 valence electrons. The van der Waals surface area contributed by atoms with E-state index in [0.29, 0.717) is 36.3 Å². The predicted octanol–water partition coefficient (Wildman–Crippen LogP) is 4.66. The molecule has 2 aromatic carbocycles. The van der Waals surface area contributed by atoms with Gasteiger partial charge in [-0.15, -0.1) is 0 Å². The number of benzene rings is 2. The molecule has 1 aliphatic rings. The summed E-state index contributed by atoms with van der Waals surface area (Å²) in [6.07, 6.45) is -0.861. The number of imidazole rings is 1. The molecule has 0 radical (unpaired) electrons. The van der Waals surface area contributed by atoms with Crippen molar-refractivity contribution in [2.45, 2.75) is 32.5 Å². The van der Waals surface area contributed by atoms with E-state index in [1.165, 1.54) is 41.2 Å². The molecular formula is C28H27ClF2N6O3S. The number of carbonyl (C=O) groups excluding carboxylic acids is 3. The van der Waals surface area contributed by atoms with Gasteiger partial charge in [-0.05, 0) is 48.3 Å². The van der Waals surface area contributed by atoms with E-state index < -0.39 is 29.7 Å². The number of nitrogens with one attached hydrogen (secondary N) is 2. The van der Waals surface area contributed by atoms with Crippen LogP contribution >= 0.6 is 23.1 Å². The molecule has 41 heavy (non-hydrogen) atoms. The van der Waals surface area contributed by atoms with Crippen molar-refractivity contribution < 1.29 is 23.2 Å². The van der Waals surface area contributed by atoms with Gasteiger partial charge in [0.15, 0.2) is 5.82 Å². The standard InChI is InChI=1S/C28H27ClF2N6O3S/c1-15(38)12-37-24(16(2)20-11-17(30)7-8-21(20)29)25(33-26(37)28(40)32-9-10-36-13-18(31)14-36)34-27(39)23-19-5-3-4-6-22(19)41-35-23/h3-8,11,16,18H,9-10,12-14H2,1-2H3,(H,32,40)(H,34,39)/t16-/m0/s1. The Hall–Kier alpha value is -3.74. The van der Waals surface area contributed by atoms with Gasteiger partial charge in [0.25, 0.3) is 11.8 Å². The molecule has 1 saturated heterocycles. The molecular weight excluding hydrogens is 574 g/mol. The average molecular weight is 601 g/mol. The highest BCUT2D eigenvalue weighted by molar-refractivity contribution is 7.13. The quantitative estimate of drug-likeness (QED) is 0.274. The van der Waals surface area contributed by atoms with E-state index in [4.69, 9.17) is 11.6 Å². The molecule has 0 spiro atoms. The zero-order valence-electron chi connectivity index (χ0n) is 22.3. The van der Waals surface area contributed by atoms with Crippen molar-refractivity contribution in [3.63, 3.8) is 0 Å². The first kappa shape index (κ1) is 28.8. The van der Waals surface area contributed by atoms with E-state index in [0.717, 1.165) is 4.70 Å². The third-order valence-corrected chi connectivity index (χ3v) is 8.05. The van der Waals surface area contributed by atoms with Gasteiger partial charge < -0.3 is 15.2 Å². The average Bonchev–Trinajstić information content (AvgIpc) is 3.50. The molecule has 0 unspecified atom stereocenters. The highest BCUT2D eigenvalue weighted by Gasteiger charge is 2.30. The number of rotatable bonds is 10. The molecule has 0 aliphatic carbocycles. The van der Waals surface area contributed by atoms with Crippen LogP contribution in [-0.4, -0.2) is 68.8 Å². The topological polar surface area (TPSA) is 109 Å². The fraction of sp³-hybridized carbons (Fsp3) is 0.321. The summed E-state index contributed by atoms with van der Waals surface area (Å²) in [4.78, 5) is 45.5. The van der Waals surface area contributed by atoms with Gasteiger partial charge in [-0.2, -0.15) is 4.37 Å². The minimum Gasteiger partial charge on any atom is -0.348 e. The fourth-order valence-corrected chi connectivity index (χ4v) is 5.91. The van der Waals surface area contributed by atoms with E-state index >= 15 is 0 Å². The van der Waals surface area contributed by atoms with Crippen LogP contribution in [-0.2, 0) is 11.3 Å². The van der Waals surface area contributed by atoms with Crippen LogP contribution in [0.2, 0.25) is 5.02 Å². The van der Waals surface area contributed by atoms with Gasteiger partial charge >= 0.3 is 0 Å². The van der Waals surface area contributed by atoms with Gasteiger partial charge in [0.05, 0.1) is 16.9 Å². The molecule has 1 aliphatic heterocycles. The number of alkyl halides is 1. The highest BCUT2D eigenvalue weighted by Crippen LogP contribution is 2.36. The molecule has 5 rings (SSSR count). The summed E-state index contributed by atoms with van der Waals surface area (Å²) >= 11 is 7.60. The summed E-state index contributed by atoms with van der Waals surface area (Å²) in [6, 6.07) is 11.2. The third kappa shape index (κ3) is 6.14. The minimum absolute atomic E-state index is 0.0225. The number of likely N-dealkylation sites (tertiary alicyclic amines) is 1. The van der Waals surface area contributed by atoms with Gasteiger partial charge in [0.1, 0.15) is 23.5 Å². The summed E-state index contributed by atoms with van der Waals surface area (Å²) in [5, 5.41) is 6.46. The van der Waals surface area contributed by atoms with Crippen LogP contribution in [0.3, 0.4) is 0 Å². The molecule has 9 nitrogen and oxygen atoms in total. The van der Waals surface area contributed by atoms with Crippen LogP contribution in [0.1, 0.15) is 52.1 Å². The lowest BCUT2D eigenvalue weighted by molar-refractivity contribution is -0.117. The van der Waals surface area contributed by atoms with Crippen molar-refractivity contribution in [1.82, 2.24) is 24.1 Å². The summed E-state index contributed by atoms with van der Waals surface area (Å²) in [5.74, 6) is -2.70. The van der Waals surface area contributed by atoms with Crippen LogP contribution in [0, 0.1) is 5.82 Å². The van der Waals surface area contributed by atoms with Crippen LogP contribution in [0.15, 0.2) is 42.5 Å². The summed E-state index contributed by atoms with van der Waals surface area (Å²) in [6.45, 7) is 4.16. The zero-order chi connectivity index (χ0) is 29.3. The highest BCUT2D eigenvalue weighted by atomic mass is 35.5. The Morgan fingerprint density at radius 1 is 1.17 bits per heavy atom. The predicted molar refractivity (Wildman–Crippen MR) is 153 cm³/mol. The fourth-order valence-electron chi connectivity index (χ4n) is 4.86. The van der Waals surface area contributed by atoms with E-state index in [9.17, 15) is 23.2 Å². The van der Waals surface area contributed by atoms with E-state index in [-0.39, 0.29) is 41.2 Å². The molecule has 4 aromatic rings. The normalized spacial score (nSPS) is 14.6. The second kappa shape index (κ2) is 12.0. The Bertz CT molecular complexity index is 1630. The Balaban J connectivity index is 1.54. The lowest BCUT2D eigenvalue weighted by atomic mass is 9.96. The van der Waals surface area contributed by atoms with Crippen molar-refractivity contribution in [3.05, 3.63) is 76.1 Å². The number of carbonyl (C=O) groups is 3. The Kier molecular flexibility index (Phi) is 8.43. The largest absolute Gasteiger partial charge is 0.348 e. The maximum absolute atomic E-state index is 14.3. The minimum atomic E-state index is -0.861. The number of Topliss-reactive ketones (excluding diaryl/α,β-unsaturated/α-hetero) is 1. The number of nitrogens with zero attached hydrogens (tertiary/aromatic N) is 4. The van der Waals surface area contributed by atoms with E-state index in [1.807, 2.05) is 17.0 Å². The number of ketones is 1. The van der Waals surface area contributed by atoms with E-state index in [1.54, 1.807) is 19.1 Å². The van der Waals surface area contributed by atoms with E-state index in [2.05, 4.69) is 20.0 Å². The monoisotopic (exact) mass is 600 g/mol. The Labute approximate surface area is 243 Å². The van der Waals surface area contributed by atoms with Gasteiger partial charge in [0.2, 0.25) is 5.82 Å². The van der Waals surface area contributed by atoms with Gasteiger partial charge in [-0.25, -0.2) is 13.8 Å². The maximum Gasteiger partial charge on any atom is 0.287 e. The van der Waals surface area contributed by atoms with Gasteiger partial charge in [-0.1, -0.05) is 36.7 Å². The first-order valence-corrected chi connectivity index (χ1v) is 14.1. The van der Waals surface area contributed by atoms with Crippen molar-refractivity contribution in [1.29, 1.82) is 0 Å². The molecule has 1 atom stereocenters. The van der Waals surface area contributed by atoms with Crippen LogP contribution < -0.4 is 10.6 Å². The number of hydrogen-bond donors (Lipinski definition) is 2. The SMILES string of the molecule is CC(=O)Cn1c(C(=O)NCCN2CC(F)C2)nc(NC(=O)c2nsc3ccccc23)c1[C@@H](C)c1cc(F)ccc1Cl. The maximum atomic E-state index is 14.3. The molecule has 2 N–H and O–H groups in total. The Morgan fingerprint density at radius 3 is 2.66 bits per heavy atom. The Morgan fingerprint density at radius 2 is 1.93 bits per heavy atom. The third-order valence-electron chi connectivity index (χ3n) is 6.88. The molecule has 13 heteroatoms. The molecule has 2 amide bonds. The lowest BCUT2D eigenvalue weighted by Gasteiger charge is -2.34. The molecule has 0 saturated carbocycles. The summed E-state index contributed by atoms with van der Waals surface area (Å²) in [7, 11) is 0. The van der Waals surface area contributed by atoms with Gasteiger partial charge in [0, 0.05) is 42.5 Å². The zero-order valence-corrected chi connectivity index (χ0v) is 23.9. The number of amides is 2. The first-order valence-electron chi connectivity index (χ1n) is 13.0.